The Balaban J connectivity index is 1.87. The summed E-state index contributed by atoms with van der Waals surface area (Å²) in [5.41, 5.74) is 3.25. The Kier molecular flexibility index (Phi) is 5.55. The zero-order valence-electron chi connectivity index (χ0n) is 13.3. The highest BCUT2D eigenvalue weighted by atomic mass is 16.5. The van der Waals surface area contributed by atoms with Crippen LogP contribution < -0.4 is 10.1 Å². The maximum absolute atomic E-state index is 12.1. The highest BCUT2D eigenvalue weighted by Crippen LogP contribution is 2.15. The number of nitrogens with one attached hydrogen (secondary N) is 1. The van der Waals surface area contributed by atoms with Gasteiger partial charge in [-0.05, 0) is 49.4 Å². The molecule has 116 valence electrons. The first-order valence-electron chi connectivity index (χ1n) is 7.25. The normalized spacial score (nSPS) is 10.5. The van der Waals surface area contributed by atoms with Crippen molar-refractivity contribution in [2.24, 2.45) is 0 Å². The number of benzene rings is 2. The number of amides is 1. The van der Waals surface area contributed by atoms with Gasteiger partial charge in [-0.15, -0.1) is 0 Å². The second-order valence-electron chi connectivity index (χ2n) is 5.38. The van der Waals surface area contributed by atoms with Crippen LogP contribution in [0.4, 0.5) is 5.69 Å². The molecule has 0 bridgehead atoms. The number of methoxy groups -OCH3 is 1. The fourth-order valence-electron chi connectivity index (χ4n) is 2.25. The average molecular weight is 298 g/mol. The number of carbonyl (C=O) groups excluding carboxylic acids is 1. The molecule has 0 heterocycles. The first-order chi connectivity index (χ1) is 10.6. The Morgan fingerprint density at radius 1 is 1.14 bits per heavy atom. The number of carbonyl (C=O) groups is 1. The Morgan fingerprint density at radius 3 is 2.45 bits per heavy atom. The molecule has 2 aromatic carbocycles. The molecule has 0 aliphatic rings. The molecule has 0 spiro atoms. The van der Waals surface area contributed by atoms with Crippen molar-refractivity contribution >= 4 is 11.6 Å². The number of aryl methyl sites for hydroxylation is 1. The predicted molar refractivity (Wildman–Crippen MR) is 89.1 cm³/mol. The van der Waals surface area contributed by atoms with Crippen molar-refractivity contribution in [3.05, 3.63) is 59.7 Å². The summed E-state index contributed by atoms with van der Waals surface area (Å²) in [6.07, 6.45) is 0. The molecule has 0 unspecified atom stereocenters. The summed E-state index contributed by atoms with van der Waals surface area (Å²) in [6.45, 7) is 3.18. The van der Waals surface area contributed by atoms with Gasteiger partial charge in [-0.1, -0.05) is 24.3 Å². The van der Waals surface area contributed by atoms with E-state index in [1.54, 1.807) is 7.11 Å². The van der Waals surface area contributed by atoms with Gasteiger partial charge in [-0.25, -0.2) is 0 Å². The monoisotopic (exact) mass is 298 g/mol. The molecule has 2 rings (SSSR count). The summed E-state index contributed by atoms with van der Waals surface area (Å²) < 4.78 is 5.10. The maximum atomic E-state index is 12.1. The van der Waals surface area contributed by atoms with E-state index in [0.29, 0.717) is 6.54 Å². The minimum Gasteiger partial charge on any atom is -0.497 e. The minimum absolute atomic E-state index is 0.0266. The quantitative estimate of drug-likeness (QED) is 0.891. The Hall–Kier alpha value is -2.33. The van der Waals surface area contributed by atoms with Crippen LogP contribution in [0.5, 0.6) is 5.75 Å². The third kappa shape index (κ3) is 4.60. The summed E-state index contributed by atoms with van der Waals surface area (Å²) in [6, 6.07) is 15.5. The van der Waals surface area contributed by atoms with Gasteiger partial charge in [-0.3, -0.25) is 9.69 Å². The second-order valence-corrected chi connectivity index (χ2v) is 5.38. The number of ether oxygens (including phenoxy) is 1. The number of rotatable bonds is 6. The van der Waals surface area contributed by atoms with Crippen LogP contribution >= 0.6 is 0 Å². The lowest BCUT2D eigenvalue weighted by Gasteiger charge is -2.17. The van der Waals surface area contributed by atoms with Crippen molar-refractivity contribution < 1.29 is 9.53 Å². The molecule has 0 atom stereocenters. The van der Waals surface area contributed by atoms with Gasteiger partial charge in [0.2, 0.25) is 5.91 Å². The summed E-state index contributed by atoms with van der Waals surface area (Å²) in [5, 5.41) is 2.89. The summed E-state index contributed by atoms with van der Waals surface area (Å²) in [5.74, 6) is 0.746. The summed E-state index contributed by atoms with van der Waals surface area (Å²) in [7, 11) is 3.56. The number of nitrogens with zero attached hydrogens (tertiary/aromatic N) is 1. The van der Waals surface area contributed by atoms with Crippen LogP contribution in [0.1, 0.15) is 11.1 Å². The molecule has 0 aliphatic heterocycles. The number of likely N-dealkylation sites (N-methyl/N-ethyl adjacent to an activating group) is 1. The molecule has 2 aromatic rings. The molecule has 0 fully saturated rings. The zero-order valence-corrected chi connectivity index (χ0v) is 13.3. The molecule has 22 heavy (non-hydrogen) atoms. The first kappa shape index (κ1) is 16.0. The molecule has 0 saturated carbocycles. The van der Waals surface area contributed by atoms with Crippen LogP contribution in [0.2, 0.25) is 0 Å². The van der Waals surface area contributed by atoms with Gasteiger partial charge in [0.25, 0.3) is 0 Å². The van der Waals surface area contributed by atoms with Crippen molar-refractivity contribution in [2.75, 3.05) is 26.0 Å². The predicted octanol–water partition coefficient (Wildman–Crippen LogP) is 3.07. The molecular formula is C18H22N2O2. The fraction of sp³-hybridized carbons (Fsp3) is 0.278. The largest absolute Gasteiger partial charge is 0.497 e. The summed E-state index contributed by atoms with van der Waals surface area (Å²) >= 11 is 0. The molecule has 0 aromatic heterocycles. The molecular weight excluding hydrogens is 276 g/mol. The lowest BCUT2D eigenvalue weighted by Crippen LogP contribution is -2.30. The third-order valence-electron chi connectivity index (χ3n) is 3.49. The average Bonchev–Trinajstić information content (AvgIpc) is 2.50. The zero-order chi connectivity index (χ0) is 15.9. The first-order valence-corrected chi connectivity index (χ1v) is 7.25. The van der Waals surface area contributed by atoms with Crippen LogP contribution in [-0.2, 0) is 11.3 Å². The third-order valence-corrected chi connectivity index (χ3v) is 3.49. The van der Waals surface area contributed by atoms with E-state index in [2.05, 4.69) is 24.4 Å². The van der Waals surface area contributed by atoms with Gasteiger partial charge in [0.1, 0.15) is 5.75 Å². The molecule has 0 aliphatic carbocycles. The molecule has 1 N–H and O–H groups in total. The number of hydrogen-bond acceptors (Lipinski definition) is 3. The van der Waals surface area contributed by atoms with Gasteiger partial charge in [-0.2, -0.15) is 0 Å². The van der Waals surface area contributed by atoms with Crippen molar-refractivity contribution in [3.63, 3.8) is 0 Å². The number of anilines is 1. The second kappa shape index (κ2) is 7.61. The minimum atomic E-state index is -0.0266. The van der Waals surface area contributed by atoms with E-state index in [1.807, 2.05) is 48.3 Å². The van der Waals surface area contributed by atoms with E-state index in [1.165, 1.54) is 11.1 Å². The standard InChI is InChI=1S/C18H22N2O2/c1-14-6-4-5-7-15(14)12-20(2)13-18(21)19-16-8-10-17(22-3)11-9-16/h4-11H,12-13H2,1-3H3,(H,19,21). The van der Waals surface area contributed by atoms with Gasteiger partial charge in [0, 0.05) is 12.2 Å². The molecule has 0 saturated heterocycles. The topological polar surface area (TPSA) is 41.6 Å². The molecule has 4 heteroatoms. The fourth-order valence-corrected chi connectivity index (χ4v) is 2.25. The smallest absolute Gasteiger partial charge is 0.238 e. The van der Waals surface area contributed by atoms with Gasteiger partial charge >= 0.3 is 0 Å². The molecule has 4 nitrogen and oxygen atoms in total. The van der Waals surface area contributed by atoms with Gasteiger partial charge < -0.3 is 10.1 Å². The van der Waals surface area contributed by atoms with Crippen molar-refractivity contribution in [1.29, 1.82) is 0 Å². The van der Waals surface area contributed by atoms with Gasteiger partial charge in [0.05, 0.1) is 13.7 Å². The van der Waals surface area contributed by atoms with E-state index < -0.39 is 0 Å². The SMILES string of the molecule is COc1ccc(NC(=O)CN(C)Cc2ccccc2C)cc1. The lowest BCUT2D eigenvalue weighted by atomic mass is 10.1. The Morgan fingerprint density at radius 2 is 1.82 bits per heavy atom. The van der Waals surface area contributed by atoms with Crippen LogP contribution in [-0.4, -0.2) is 31.5 Å². The van der Waals surface area contributed by atoms with Crippen LogP contribution in [0.15, 0.2) is 48.5 Å². The summed E-state index contributed by atoms with van der Waals surface area (Å²) in [4.78, 5) is 14.1. The van der Waals surface area contributed by atoms with E-state index >= 15 is 0 Å². The van der Waals surface area contributed by atoms with Crippen LogP contribution in [0, 0.1) is 6.92 Å². The van der Waals surface area contributed by atoms with E-state index in [-0.39, 0.29) is 5.91 Å². The van der Waals surface area contributed by atoms with Crippen molar-refractivity contribution in [2.45, 2.75) is 13.5 Å². The highest BCUT2D eigenvalue weighted by Gasteiger charge is 2.08. The van der Waals surface area contributed by atoms with Crippen LogP contribution in [0.3, 0.4) is 0 Å². The Bertz CT molecular complexity index is 623. The number of hydrogen-bond donors (Lipinski definition) is 1. The lowest BCUT2D eigenvalue weighted by molar-refractivity contribution is -0.117. The van der Waals surface area contributed by atoms with Gasteiger partial charge in [0.15, 0.2) is 0 Å². The van der Waals surface area contributed by atoms with E-state index in [9.17, 15) is 4.79 Å². The van der Waals surface area contributed by atoms with E-state index in [0.717, 1.165) is 18.0 Å². The van der Waals surface area contributed by atoms with Crippen molar-refractivity contribution in [1.82, 2.24) is 4.90 Å². The highest BCUT2D eigenvalue weighted by molar-refractivity contribution is 5.92. The van der Waals surface area contributed by atoms with Crippen molar-refractivity contribution in [3.8, 4) is 5.75 Å². The van der Waals surface area contributed by atoms with Crippen LogP contribution in [0.25, 0.3) is 0 Å². The van der Waals surface area contributed by atoms with E-state index in [4.69, 9.17) is 4.74 Å². The maximum Gasteiger partial charge on any atom is 0.238 e. The molecule has 0 radical (unpaired) electrons. The Labute approximate surface area is 131 Å². The molecule has 1 amide bonds.